The second-order valence-electron chi connectivity index (χ2n) is 5.19. The largest absolute Gasteiger partial charge is 0.326 e. The van der Waals surface area contributed by atoms with Crippen LogP contribution < -0.4 is 10.6 Å². The van der Waals surface area contributed by atoms with Crippen molar-refractivity contribution in [2.75, 3.05) is 10.6 Å². The first-order valence-electron chi connectivity index (χ1n) is 6.81. The maximum Gasteiger partial charge on any atom is 0.227 e. The fourth-order valence-corrected chi connectivity index (χ4v) is 2.05. The monoisotopic (exact) mass is 260 g/mol. The molecule has 0 spiro atoms. The van der Waals surface area contributed by atoms with Gasteiger partial charge in [-0.15, -0.1) is 0 Å². The SMILES string of the molecule is CCCC(=O)Nc1cccc(NC(=O)C2CC2C)c1. The summed E-state index contributed by atoms with van der Waals surface area (Å²) in [4.78, 5) is 23.3. The van der Waals surface area contributed by atoms with Gasteiger partial charge in [-0.05, 0) is 37.0 Å². The zero-order valence-electron chi connectivity index (χ0n) is 11.4. The molecule has 1 aromatic rings. The second kappa shape index (κ2) is 5.87. The fraction of sp³-hybridized carbons (Fsp3) is 0.467. The van der Waals surface area contributed by atoms with Crippen LogP contribution in [0, 0.1) is 11.8 Å². The van der Waals surface area contributed by atoms with E-state index in [4.69, 9.17) is 0 Å². The minimum atomic E-state index is 0.00166. The van der Waals surface area contributed by atoms with Gasteiger partial charge in [0.05, 0.1) is 0 Å². The third kappa shape index (κ3) is 3.81. The molecular formula is C15H20N2O2. The number of hydrogen-bond donors (Lipinski definition) is 2. The summed E-state index contributed by atoms with van der Waals surface area (Å²) in [5.74, 6) is 0.720. The molecule has 2 unspecified atom stereocenters. The molecule has 1 fully saturated rings. The van der Waals surface area contributed by atoms with Crippen molar-refractivity contribution in [3.8, 4) is 0 Å². The molecule has 4 nitrogen and oxygen atoms in total. The van der Waals surface area contributed by atoms with E-state index in [2.05, 4.69) is 17.6 Å². The van der Waals surface area contributed by atoms with Crippen LogP contribution in [0.25, 0.3) is 0 Å². The lowest BCUT2D eigenvalue weighted by Crippen LogP contribution is -2.15. The number of nitrogens with one attached hydrogen (secondary N) is 2. The van der Waals surface area contributed by atoms with Crippen LogP contribution in [-0.4, -0.2) is 11.8 Å². The van der Waals surface area contributed by atoms with Gasteiger partial charge in [0, 0.05) is 23.7 Å². The average Bonchev–Trinajstić information content (AvgIpc) is 3.07. The minimum Gasteiger partial charge on any atom is -0.326 e. The van der Waals surface area contributed by atoms with Crippen molar-refractivity contribution in [1.82, 2.24) is 0 Å². The van der Waals surface area contributed by atoms with Crippen molar-refractivity contribution in [2.45, 2.75) is 33.1 Å². The van der Waals surface area contributed by atoms with Gasteiger partial charge in [-0.1, -0.05) is 19.9 Å². The highest BCUT2D eigenvalue weighted by Gasteiger charge is 2.39. The molecule has 1 aromatic carbocycles. The Balaban J connectivity index is 1.95. The standard InChI is InChI=1S/C15H20N2O2/c1-3-5-14(18)16-11-6-4-7-12(9-11)17-15(19)13-8-10(13)2/h4,6-7,9-10,13H,3,5,8H2,1-2H3,(H,16,18)(H,17,19). The molecule has 0 saturated heterocycles. The van der Waals surface area contributed by atoms with E-state index in [-0.39, 0.29) is 17.7 Å². The number of benzene rings is 1. The van der Waals surface area contributed by atoms with Crippen LogP contribution in [0.15, 0.2) is 24.3 Å². The van der Waals surface area contributed by atoms with E-state index in [0.717, 1.165) is 24.2 Å². The number of carbonyl (C=O) groups is 2. The van der Waals surface area contributed by atoms with E-state index in [1.54, 1.807) is 6.07 Å². The van der Waals surface area contributed by atoms with Crippen LogP contribution in [0.4, 0.5) is 11.4 Å². The first-order chi connectivity index (χ1) is 9.10. The molecule has 1 aliphatic carbocycles. The van der Waals surface area contributed by atoms with Gasteiger partial charge < -0.3 is 10.6 Å². The smallest absolute Gasteiger partial charge is 0.227 e. The fourth-order valence-electron chi connectivity index (χ4n) is 2.05. The van der Waals surface area contributed by atoms with Gasteiger partial charge in [0.25, 0.3) is 0 Å². The topological polar surface area (TPSA) is 58.2 Å². The van der Waals surface area contributed by atoms with E-state index in [0.29, 0.717) is 12.3 Å². The van der Waals surface area contributed by atoms with Crippen molar-refractivity contribution >= 4 is 23.2 Å². The van der Waals surface area contributed by atoms with Gasteiger partial charge >= 0.3 is 0 Å². The number of anilines is 2. The van der Waals surface area contributed by atoms with E-state index >= 15 is 0 Å². The Morgan fingerprint density at radius 2 is 1.89 bits per heavy atom. The molecule has 1 saturated carbocycles. The molecular weight excluding hydrogens is 240 g/mol. The first-order valence-corrected chi connectivity index (χ1v) is 6.81. The Hall–Kier alpha value is -1.84. The summed E-state index contributed by atoms with van der Waals surface area (Å²) >= 11 is 0. The lowest BCUT2D eigenvalue weighted by molar-refractivity contribution is -0.117. The Morgan fingerprint density at radius 3 is 2.47 bits per heavy atom. The maximum absolute atomic E-state index is 11.8. The van der Waals surface area contributed by atoms with Crippen LogP contribution >= 0.6 is 0 Å². The zero-order chi connectivity index (χ0) is 13.8. The molecule has 19 heavy (non-hydrogen) atoms. The third-order valence-electron chi connectivity index (χ3n) is 3.34. The summed E-state index contributed by atoms with van der Waals surface area (Å²) in [7, 11) is 0. The van der Waals surface area contributed by atoms with E-state index in [1.165, 1.54) is 0 Å². The molecule has 4 heteroatoms. The van der Waals surface area contributed by atoms with Crippen LogP contribution in [0.5, 0.6) is 0 Å². The van der Waals surface area contributed by atoms with Crippen LogP contribution in [0.2, 0.25) is 0 Å². The Kier molecular flexibility index (Phi) is 4.20. The maximum atomic E-state index is 11.8. The molecule has 2 amide bonds. The highest BCUT2D eigenvalue weighted by molar-refractivity contribution is 5.96. The number of hydrogen-bond acceptors (Lipinski definition) is 2. The first kappa shape index (κ1) is 13.6. The lowest BCUT2D eigenvalue weighted by Gasteiger charge is -2.08. The quantitative estimate of drug-likeness (QED) is 0.855. The second-order valence-corrected chi connectivity index (χ2v) is 5.19. The van der Waals surface area contributed by atoms with Gasteiger partial charge in [-0.2, -0.15) is 0 Å². The van der Waals surface area contributed by atoms with Crippen LogP contribution in [0.1, 0.15) is 33.1 Å². The molecule has 1 aliphatic rings. The average molecular weight is 260 g/mol. The van der Waals surface area contributed by atoms with E-state index in [9.17, 15) is 9.59 Å². The van der Waals surface area contributed by atoms with Crippen molar-refractivity contribution < 1.29 is 9.59 Å². The Bertz CT molecular complexity index is 485. The number of carbonyl (C=O) groups excluding carboxylic acids is 2. The van der Waals surface area contributed by atoms with Gasteiger partial charge in [0.1, 0.15) is 0 Å². The summed E-state index contributed by atoms with van der Waals surface area (Å²) in [6, 6.07) is 7.27. The van der Waals surface area contributed by atoms with Gasteiger partial charge in [0.2, 0.25) is 11.8 Å². The molecule has 0 aromatic heterocycles. The molecule has 2 rings (SSSR count). The number of rotatable bonds is 5. The summed E-state index contributed by atoms with van der Waals surface area (Å²) in [5.41, 5.74) is 1.46. The molecule has 2 N–H and O–H groups in total. The summed E-state index contributed by atoms with van der Waals surface area (Å²) in [6.45, 7) is 4.04. The normalized spacial score (nSPS) is 20.7. The molecule has 0 bridgehead atoms. The van der Waals surface area contributed by atoms with Crippen molar-refractivity contribution in [3.63, 3.8) is 0 Å². The number of amides is 2. The summed E-state index contributed by atoms with van der Waals surface area (Å²) in [6.07, 6.45) is 2.30. The summed E-state index contributed by atoms with van der Waals surface area (Å²) < 4.78 is 0. The highest BCUT2D eigenvalue weighted by atomic mass is 16.2. The van der Waals surface area contributed by atoms with Crippen molar-refractivity contribution in [3.05, 3.63) is 24.3 Å². The minimum absolute atomic E-state index is 0.00166. The predicted octanol–water partition coefficient (Wildman–Crippen LogP) is 3.02. The molecule has 2 atom stereocenters. The van der Waals surface area contributed by atoms with Gasteiger partial charge in [-0.25, -0.2) is 0 Å². The van der Waals surface area contributed by atoms with Crippen molar-refractivity contribution in [2.24, 2.45) is 11.8 Å². The van der Waals surface area contributed by atoms with E-state index in [1.807, 2.05) is 25.1 Å². The lowest BCUT2D eigenvalue weighted by atomic mass is 10.2. The highest BCUT2D eigenvalue weighted by Crippen LogP contribution is 2.38. The van der Waals surface area contributed by atoms with Gasteiger partial charge in [-0.3, -0.25) is 9.59 Å². The van der Waals surface area contributed by atoms with Crippen molar-refractivity contribution in [1.29, 1.82) is 0 Å². The zero-order valence-corrected chi connectivity index (χ0v) is 11.4. The van der Waals surface area contributed by atoms with Crippen LogP contribution in [-0.2, 0) is 9.59 Å². The Labute approximate surface area is 113 Å². The molecule has 0 radical (unpaired) electrons. The van der Waals surface area contributed by atoms with E-state index < -0.39 is 0 Å². The van der Waals surface area contributed by atoms with Crippen LogP contribution in [0.3, 0.4) is 0 Å². The molecule has 102 valence electrons. The molecule has 0 heterocycles. The molecule has 0 aliphatic heterocycles. The Morgan fingerprint density at radius 1 is 1.26 bits per heavy atom. The third-order valence-corrected chi connectivity index (χ3v) is 3.34. The van der Waals surface area contributed by atoms with Gasteiger partial charge in [0.15, 0.2) is 0 Å². The summed E-state index contributed by atoms with van der Waals surface area (Å²) in [5, 5.41) is 5.71. The predicted molar refractivity (Wildman–Crippen MR) is 75.9 cm³/mol.